The molecule has 2 bridgehead atoms. The van der Waals surface area contributed by atoms with E-state index in [4.69, 9.17) is 9.47 Å². The number of esters is 2. The Labute approximate surface area is 118 Å². The van der Waals surface area contributed by atoms with Gasteiger partial charge in [-0.05, 0) is 32.1 Å². The highest BCUT2D eigenvalue weighted by atomic mass is 16.6. The minimum Gasteiger partial charge on any atom is -0.458 e. The van der Waals surface area contributed by atoms with Gasteiger partial charge in [-0.15, -0.1) is 0 Å². The van der Waals surface area contributed by atoms with Gasteiger partial charge >= 0.3 is 11.9 Å². The van der Waals surface area contributed by atoms with E-state index < -0.39 is 0 Å². The first-order valence-corrected chi connectivity index (χ1v) is 7.96. The third-order valence-electron chi connectivity index (χ3n) is 5.64. The highest BCUT2D eigenvalue weighted by molar-refractivity contribution is 5.77. The van der Waals surface area contributed by atoms with Crippen LogP contribution in [-0.2, 0) is 19.1 Å². The molecule has 4 aliphatic rings. The number of ether oxygens (including phenoxy) is 2. The molecule has 110 valence electrons. The van der Waals surface area contributed by atoms with Crippen molar-refractivity contribution in [2.75, 3.05) is 19.6 Å². The van der Waals surface area contributed by atoms with Gasteiger partial charge in [-0.2, -0.15) is 0 Å². The number of likely N-dealkylation sites (tertiary alicyclic amines) is 1. The van der Waals surface area contributed by atoms with E-state index in [2.05, 4.69) is 0 Å². The number of nitrogens with one attached hydrogen (secondary N) is 1. The SMILES string of the molecule is O=C(C[NH+]1CCCCC1)OC1C2CC3C(=O)OC1C3C2. The average molecular weight is 280 g/mol. The molecule has 2 aliphatic heterocycles. The van der Waals surface area contributed by atoms with Crippen molar-refractivity contribution >= 4 is 11.9 Å². The molecule has 0 amide bonds. The van der Waals surface area contributed by atoms with Crippen LogP contribution >= 0.6 is 0 Å². The molecule has 5 heteroatoms. The molecule has 5 atom stereocenters. The van der Waals surface area contributed by atoms with Crippen molar-refractivity contribution < 1.29 is 24.0 Å². The van der Waals surface area contributed by atoms with Crippen molar-refractivity contribution in [3.8, 4) is 0 Å². The number of rotatable bonds is 3. The summed E-state index contributed by atoms with van der Waals surface area (Å²) in [5.74, 6) is 0.573. The molecule has 0 aromatic carbocycles. The number of fused-ring (bicyclic) bond motifs is 1. The van der Waals surface area contributed by atoms with E-state index in [9.17, 15) is 9.59 Å². The molecule has 4 rings (SSSR count). The lowest BCUT2D eigenvalue weighted by Crippen LogP contribution is -3.13. The summed E-state index contributed by atoms with van der Waals surface area (Å²) in [4.78, 5) is 25.1. The predicted molar refractivity (Wildman–Crippen MR) is 68.9 cm³/mol. The molecule has 2 saturated heterocycles. The van der Waals surface area contributed by atoms with Gasteiger partial charge in [-0.1, -0.05) is 0 Å². The maximum Gasteiger partial charge on any atom is 0.362 e. The van der Waals surface area contributed by atoms with Crippen molar-refractivity contribution in [3.05, 3.63) is 0 Å². The van der Waals surface area contributed by atoms with Crippen molar-refractivity contribution in [2.24, 2.45) is 17.8 Å². The minimum atomic E-state index is -0.167. The lowest BCUT2D eigenvalue weighted by molar-refractivity contribution is -0.897. The monoisotopic (exact) mass is 280 g/mol. The molecule has 0 radical (unpaired) electrons. The lowest BCUT2D eigenvalue weighted by Gasteiger charge is -2.27. The summed E-state index contributed by atoms with van der Waals surface area (Å²) in [6.45, 7) is 2.62. The average Bonchev–Trinajstić information content (AvgIpc) is 3.04. The van der Waals surface area contributed by atoms with E-state index in [1.807, 2.05) is 0 Å². The Morgan fingerprint density at radius 1 is 1.25 bits per heavy atom. The summed E-state index contributed by atoms with van der Waals surface area (Å²) in [5, 5.41) is 0. The molecule has 5 unspecified atom stereocenters. The van der Waals surface area contributed by atoms with Gasteiger partial charge in [0.25, 0.3) is 0 Å². The second-order valence-corrected chi connectivity index (χ2v) is 6.85. The van der Waals surface area contributed by atoms with Crippen LogP contribution in [0.5, 0.6) is 0 Å². The Kier molecular flexibility index (Phi) is 2.98. The fourth-order valence-electron chi connectivity index (χ4n) is 4.69. The van der Waals surface area contributed by atoms with Crippen molar-refractivity contribution in [1.82, 2.24) is 0 Å². The summed E-state index contributed by atoms with van der Waals surface area (Å²) >= 11 is 0. The van der Waals surface area contributed by atoms with E-state index >= 15 is 0 Å². The molecular formula is C15H22NO4+. The normalized spacial score (nSPS) is 42.8. The molecule has 0 aromatic heterocycles. The van der Waals surface area contributed by atoms with Gasteiger partial charge in [0, 0.05) is 11.8 Å². The zero-order valence-corrected chi connectivity index (χ0v) is 11.7. The largest absolute Gasteiger partial charge is 0.458 e. The minimum absolute atomic E-state index is 0.0669. The molecule has 5 nitrogen and oxygen atoms in total. The maximum absolute atomic E-state index is 12.1. The second-order valence-electron chi connectivity index (χ2n) is 6.85. The van der Waals surface area contributed by atoms with Gasteiger partial charge in [0.2, 0.25) is 0 Å². The van der Waals surface area contributed by atoms with Crippen LogP contribution in [0.1, 0.15) is 32.1 Å². The number of carbonyl (C=O) groups is 2. The van der Waals surface area contributed by atoms with Gasteiger partial charge in [0.1, 0.15) is 12.2 Å². The summed E-state index contributed by atoms with van der Waals surface area (Å²) in [6, 6.07) is 0. The Hall–Kier alpha value is -1.10. The standard InChI is InChI=1S/C15H21NO4/c17-12(8-16-4-2-1-3-5-16)19-13-9-6-10-11(7-9)15(18)20-14(10)13/h9-11,13-14H,1-8H2/p+1. The van der Waals surface area contributed by atoms with Gasteiger partial charge in [-0.3, -0.25) is 4.79 Å². The van der Waals surface area contributed by atoms with Crippen LogP contribution in [0.25, 0.3) is 0 Å². The molecule has 2 aliphatic carbocycles. The second kappa shape index (κ2) is 4.72. The lowest BCUT2D eigenvalue weighted by atomic mass is 9.88. The summed E-state index contributed by atoms with van der Waals surface area (Å²) in [7, 11) is 0. The number of quaternary nitrogens is 1. The number of piperidine rings is 1. The van der Waals surface area contributed by atoms with Gasteiger partial charge in [0.15, 0.2) is 6.54 Å². The number of carbonyl (C=O) groups excluding carboxylic acids is 2. The van der Waals surface area contributed by atoms with Crippen molar-refractivity contribution in [1.29, 1.82) is 0 Å². The molecule has 20 heavy (non-hydrogen) atoms. The Morgan fingerprint density at radius 2 is 2.05 bits per heavy atom. The zero-order valence-electron chi connectivity index (χ0n) is 11.7. The molecule has 0 spiro atoms. The van der Waals surface area contributed by atoms with Crippen LogP contribution in [0, 0.1) is 17.8 Å². The molecule has 1 N–H and O–H groups in total. The highest BCUT2D eigenvalue weighted by Gasteiger charge is 2.63. The third-order valence-corrected chi connectivity index (χ3v) is 5.64. The zero-order chi connectivity index (χ0) is 13.7. The predicted octanol–water partition coefficient (Wildman–Crippen LogP) is -0.452. The Morgan fingerprint density at radius 3 is 2.85 bits per heavy atom. The first-order chi connectivity index (χ1) is 9.72. The summed E-state index contributed by atoms with van der Waals surface area (Å²) < 4.78 is 11.1. The van der Waals surface area contributed by atoms with E-state index in [0.717, 1.165) is 25.9 Å². The van der Waals surface area contributed by atoms with Crippen LogP contribution in [0.3, 0.4) is 0 Å². The van der Waals surface area contributed by atoms with E-state index in [-0.39, 0.29) is 30.1 Å². The highest BCUT2D eigenvalue weighted by Crippen LogP contribution is 2.55. The molecule has 4 fully saturated rings. The molecule has 0 aromatic rings. The molecule has 2 saturated carbocycles. The Balaban J connectivity index is 1.35. The van der Waals surface area contributed by atoms with Crippen molar-refractivity contribution in [2.45, 2.75) is 44.3 Å². The van der Waals surface area contributed by atoms with Crippen LogP contribution in [-0.4, -0.2) is 43.8 Å². The Bertz CT molecular complexity index is 432. The van der Waals surface area contributed by atoms with Gasteiger partial charge in [0.05, 0.1) is 19.0 Å². The van der Waals surface area contributed by atoms with Crippen LogP contribution in [0.15, 0.2) is 0 Å². The quantitative estimate of drug-likeness (QED) is 0.711. The van der Waals surface area contributed by atoms with Gasteiger partial charge < -0.3 is 14.4 Å². The fourth-order valence-corrected chi connectivity index (χ4v) is 4.69. The van der Waals surface area contributed by atoms with Gasteiger partial charge in [-0.25, -0.2) is 4.79 Å². The first-order valence-electron chi connectivity index (χ1n) is 7.96. The van der Waals surface area contributed by atoms with Crippen LogP contribution < -0.4 is 4.90 Å². The van der Waals surface area contributed by atoms with Crippen molar-refractivity contribution in [3.63, 3.8) is 0 Å². The smallest absolute Gasteiger partial charge is 0.362 e. The summed E-state index contributed by atoms with van der Waals surface area (Å²) in [5.41, 5.74) is 0. The first kappa shape index (κ1) is 12.6. The van der Waals surface area contributed by atoms with E-state index in [1.54, 1.807) is 0 Å². The van der Waals surface area contributed by atoms with E-state index in [0.29, 0.717) is 18.4 Å². The number of hydrogen-bond donors (Lipinski definition) is 1. The fraction of sp³-hybridized carbons (Fsp3) is 0.867. The van der Waals surface area contributed by atoms with Crippen LogP contribution in [0.4, 0.5) is 0 Å². The molecule has 2 heterocycles. The van der Waals surface area contributed by atoms with Crippen LogP contribution in [0.2, 0.25) is 0 Å². The maximum atomic E-state index is 12.1. The number of hydrogen-bond acceptors (Lipinski definition) is 4. The topological polar surface area (TPSA) is 57.0 Å². The summed E-state index contributed by atoms with van der Waals surface area (Å²) in [6.07, 6.45) is 5.23. The van der Waals surface area contributed by atoms with E-state index in [1.165, 1.54) is 24.2 Å². The molecular weight excluding hydrogens is 258 g/mol. The third kappa shape index (κ3) is 1.94.